The number of rotatable bonds is 8. The van der Waals surface area contributed by atoms with Gasteiger partial charge in [0.1, 0.15) is 0 Å². The summed E-state index contributed by atoms with van der Waals surface area (Å²) in [6, 6.07) is 1.76. The molecule has 0 aromatic carbocycles. The zero-order valence-corrected chi connectivity index (χ0v) is 13.2. The highest BCUT2D eigenvalue weighted by molar-refractivity contribution is 5.99. The van der Waals surface area contributed by atoms with E-state index in [0.29, 0.717) is 0 Å². The van der Waals surface area contributed by atoms with Gasteiger partial charge in [0.15, 0.2) is 0 Å². The Balaban J connectivity index is 4.85. The van der Waals surface area contributed by atoms with E-state index in [1.54, 1.807) is 6.07 Å². The van der Waals surface area contributed by atoms with Crippen molar-refractivity contribution in [3.05, 3.63) is 48.1 Å². The lowest BCUT2D eigenvalue weighted by Gasteiger charge is -2.03. The largest absolute Gasteiger partial charge is 0.462 e. The first-order valence-corrected chi connectivity index (χ1v) is 6.95. The molecule has 6 heteroatoms. The van der Waals surface area contributed by atoms with Crippen molar-refractivity contribution in [2.45, 2.75) is 26.7 Å². The fraction of sp³-hybridized carbons (Fsp3) is 0.294. The minimum atomic E-state index is -0.891. The molecule has 0 aromatic rings. The van der Waals surface area contributed by atoms with Gasteiger partial charge in [-0.1, -0.05) is 26.0 Å². The SMILES string of the molecule is C=C(C)C(=O)OC(=O)C=CC=C(C=CC#N)C(=O)OCCCC. The van der Waals surface area contributed by atoms with Crippen LogP contribution in [0.25, 0.3) is 0 Å². The Labute approximate surface area is 135 Å². The first-order chi connectivity index (χ1) is 10.9. The van der Waals surface area contributed by atoms with Gasteiger partial charge in [-0.05, 0) is 25.5 Å². The van der Waals surface area contributed by atoms with E-state index < -0.39 is 17.9 Å². The number of allylic oxidation sites excluding steroid dienone is 3. The van der Waals surface area contributed by atoms with Gasteiger partial charge in [0, 0.05) is 17.7 Å². The third-order valence-corrected chi connectivity index (χ3v) is 2.35. The van der Waals surface area contributed by atoms with Crippen molar-refractivity contribution in [3.8, 4) is 6.07 Å². The van der Waals surface area contributed by atoms with Crippen LogP contribution in [0.4, 0.5) is 0 Å². The lowest BCUT2D eigenvalue weighted by Crippen LogP contribution is -2.10. The monoisotopic (exact) mass is 317 g/mol. The van der Waals surface area contributed by atoms with Crippen molar-refractivity contribution in [2.75, 3.05) is 6.61 Å². The lowest BCUT2D eigenvalue weighted by atomic mass is 10.2. The van der Waals surface area contributed by atoms with Gasteiger partial charge in [0.25, 0.3) is 0 Å². The highest BCUT2D eigenvalue weighted by Gasteiger charge is 2.09. The molecular formula is C17H19NO5. The third kappa shape index (κ3) is 9.58. The van der Waals surface area contributed by atoms with E-state index in [4.69, 9.17) is 10.00 Å². The molecule has 0 amide bonds. The molecule has 0 fully saturated rings. The second-order valence-corrected chi connectivity index (χ2v) is 4.42. The summed E-state index contributed by atoms with van der Waals surface area (Å²) in [4.78, 5) is 34.3. The number of carbonyl (C=O) groups excluding carboxylic acids is 3. The molecule has 0 radical (unpaired) electrons. The van der Waals surface area contributed by atoms with Gasteiger partial charge in [0.05, 0.1) is 18.2 Å². The maximum absolute atomic E-state index is 11.8. The van der Waals surface area contributed by atoms with Crippen LogP contribution in [0.3, 0.4) is 0 Å². The second kappa shape index (κ2) is 11.7. The van der Waals surface area contributed by atoms with Gasteiger partial charge in [-0.2, -0.15) is 5.26 Å². The standard InChI is InChI=1S/C17H19NO5/c1-4-5-12-22-17(21)14(9-7-11-18)8-6-10-15(19)23-16(20)13(2)3/h6-10H,2,4-5,12H2,1,3H3. The van der Waals surface area contributed by atoms with Crippen LogP contribution in [0.1, 0.15) is 26.7 Å². The first-order valence-electron chi connectivity index (χ1n) is 6.95. The quantitative estimate of drug-likeness (QED) is 0.170. The molecule has 0 spiro atoms. The fourth-order valence-corrected chi connectivity index (χ4v) is 1.15. The Kier molecular flexibility index (Phi) is 10.2. The number of unbranched alkanes of at least 4 members (excludes halogenated alkanes) is 1. The first kappa shape index (κ1) is 20.1. The molecule has 0 aromatic heterocycles. The van der Waals surface area contributed by atoms with Gasteiger partial charge in [-0.25, -0.2) is 14.4 Å². The highest BCUT2D eigenvalue weighted by atomic mass is 16.6. The summed E-state index contributed by atoms with van der Waals surface area (Å²) >= 11 is 0. The van der Waals surface area contributed by atoms with Crippen molar-refractivity contribution < 1.29 is 23.9 Å². The van der Waals surface area contributed by atoms with Crippen LogP contribution in [0.2, 0.25) is 0 Å². The van der Waals surface area contributed by atoms with Crippen molar-refractivity contribution in [1.29, 1.82) is 5.26 Å². The number of carbonyl (C=O) groups is 3. The summed E-state index contributed by atoms with van der Waals surface area (Å²) in [6.45, 7) is 6.99. The average molecular weight is 317 g/mol. The second-order valence-electron chi connectivity index (χ2n) is 4.42. The zero-order chi connectivity index (χ0) is 17.7. The normalized spacial score (nSPS) is 11.3. The molecule has 122 valence electrons. The topological polar surface area (TPSA) is 93.5 Å². The van der Waals surface area contributed by atoms with Gasteiger partial charge >= 0.3 is 17.9 Å². The van der Waals surface area contributed by atoms with Crippen molar-refractivity contribution in [1.82, 2.24) is 0 Å². The molecule has 6 nitrogen and oxygen atoms in total. The number of nitriles is 1. The smallest absolute Gasteiger partial charge is 0.340 e. The van der Waals surface area contributed by atoms with Gasteiger partial charge in [-0.3, -0.25) is 0 Å². The van der Waals surface area contributed by atoms with Gasteiger partial charge in [-0.15, -0.1) is 0 Å². The number of ether oxygens (including phenoxy) is 2. The van der Waals surface area contributed by atoms with Crippen molar-refractivity contribution >= 4 is 17.9 Å². The predicted molar refractivity (Wildman–Crippen MR) is 83.8 cm³/mol. The molecule has 0 unspecified atom stereocenters. The van der Waals surface area contributed by atoms with Gasteiger partial charge < -0.3 is 9.47 Å². The maximum atomic E-state index is 11.8. The molecule has 23 heavy (non-hydrogen) atoms. The Morgan fingerprint density at radius 2 is 1.91 bits per heavy atom. The summed E-state index contributed by atoms with van der Waals surface area (Å²) in [5, 5.41) is 8.52. The van der Waals surface area contributed by atoms with E-state index in [1.165, 1.54) is 25.2 Å². The average Bonchev–Trinajstić information content (AvgIpc) is 2.50. The van der Waals surface area contributed by atoms with E-state index in [1.807, 2.05) is 6.92 Å². The molecule has 0 aliphatic carbocycles. The molecule has 0 saturated heterocycles. The summed E-state index contributed by atoms with van der Waals surface area (Å²) in [6.07, 6.45) is 7.48. The summed E-state index contributed by atoms with van der Waals surface area (Å²) in [5.41, 5.74) is 0.192. The van der Waals surface area contributed by atoms with E-state index in [9.17, 15) is 14.4 Å². The van der Waals surface area contributed by atoms with E-state index in [2.05, 4.69) is 11.3 Å². The minimum Gasteiger partial charge on any atom is -0.462 e. The lowest BCUT2D eigenvalue weighted by molar-refractivity contribution is -0.153. The van der Waals surface area contributed by atoms with Crippen LogP contribution in [0, 0.1) is 11.3 Å². The number of esters is 3. The van der Waals surface area contributed by atoms with Crippen LogP contribution in [0.15, 0.2) is 48.1 Å². The van der Waals surface area contributed by atoms with E-state index in [0.717, 1.165) is 25.0 Å². The minimum absolute atomic E-state index is 0.0953. The molecule has 0 saturated carbocycles. The number of hydrogen-bond acceptors (Lipinski definition) is 6. The molecule has 0 N–H and O–H groups in total. The number of nitrogens with zero attached hydrogens (tertiary/aromatic N) is 1. The molecule has 0 bridgehead atoms. The predicted octanol–water partition coefficient (Wildman–Crippen LogP) is 2.54. The molecule has 0 heterocycles. The fourth-order valence-electron chi connectivity index (χ4n) is 1.15. The molecule has 0 aliphatic heterocycles. The Morgan fingerprint density at radius 1 is 1.22 bits per heavy atom. The van der Waals surface area contributed by atoms with Crippen LogP contribution in [0.5, 0.6) is 0 Å². The van der Waals surface area contributed by atoms with Crippen LogP contribution < -0.4 is 0 Å². The van der Waals surface area contributed by atoms with Gasteiger partial charge in [0.2, 0.25) is 0 Å². The van der Waals surface area contributed by atoms with E-state index >= 15 is 0 Å². The van der Waals surface area contributed by atoms with Crippen LogP contribution in [-0.4, -0.2) is 24.5 Å². The molecule has 0 atom stereocenters. The Morgan fingerprint density at radius 3 is 2.48 bits per heavy atom. The maximum Gasteiger partial charge on any atom is 0.340 e. The summed E-state index contributed by atoms with van der Waals surface area (Å²) in [5.74, 6) is -2.33. The van der Waals surface area contributed by atoms with E-state index in [-0.39, 0.29) is 17.8 Å². The molecular weight excluding hydrogens is 298 g/mol. The van der Waals surface area contributed by atoms with Crippen molar-refractivity contribution in [2.24, 2.45) is 0 Å². The van der Waals surface area contributed by atoms with Crippen LogP contribution >= 0.6 is 0 Å². The molecule has 0 rings (SSSR count). The zero-order valence-electron chi connectivity index (χ0n) is 13.2. The Bertz CT molecular complexity index is 591. The van der Waals surface area contributed by atoms with Crippen molar-refractivity contribution in [3.63, 3.8) is 0 Å². The Hall–Kier alpha value is -2.94. The molecule has 0 aliphatic rings. The summed E-state index contributed by atoms with van der Waals surface area (Å²) in [7, 11) is 0. The number of hydrogen-bond donors (Lipinski definition) is 0. The summed E-state index contributed by atoms with van der Waals surface area (Å²) < 4.78 is 9.45. The highest BCUT2D eigenvalue weighted by Crippen LogP contribution is 2.03. The van der Waals surface area contributed by atoms with Crippen LogP contribution in [-0.2, 0) is 23.9 Å². The third-order valence-electron chi connectivity index (χ3n) is 2.35.